The fourth-order valence-electron chi connectivity index (χ4n) is 2.58. The van der Waals surface area contributed by atoms with Crippen LogP contribution in [0.15, 0.2) is 60.8 Å². The van der Waals surface area contributed by atoms with E-state index < -0.39 is 0 Å². The van der Waals surface area contributed by atoms with E-state index in [1.807, 2.05) is 6.07 Å². The summed E-state index contributed by atoms with van der Waals surface area (Å²) in [5.41, 5.74) is 8.01. The summed E-state index contributed by atoms with van der Waals surface area (Å²) < 4.78 is 28.2. The van der Waals surface area contributed by atoms with Crippen molar-refractivity contribution in [3.8, 4) is 6.07 Å². The zero-order chi connectivity index (χ0) is 16.4. The molecule has 114 valence electrons. The summed E-state index contributed by atoms with van der Waals surface area (Å²) in [4.78, 5) is 0. The van der Waals surface area contributed by atoms with E-state index in [0.717, 1.165) is 11.1 Å². The van der Waals surface area contributed by atoms with Crippen molar-refractivity contribution >= 4 is 5.82 Å². The second-order valence-corrected chi connectivity index (χ2v) is 5.18. The van der Waals surface area contributed by atoms with Gasteiger partial charge >= 0.3 is 0 Å². The van der Waals surface area contributed by atoms with Crippen LogP contribution in [0, 0.1) is 23.0 Å². The van der Waals surface area contributed by atoms with E-state index in [1.165, 1.54) is 24.3 Å². The van der Waals surface area contributed by atoms with E-state index in [4.69, 9.17) is 11.0 Å². The molecule has 0 amide bonds. The van der Waals surface area contributed by atoms with Crippen molar-refractivity contribution in [3.05, 3.63) is 89.1 Å². The Bertz CT molecular complexity index is 813. The maximum Gasteiger partial charge on any atom is 0.123 e. The van der Waals surface area contributed by atoms with Crippen LogP contribution in [-0.2, 0) is 0 Å². The maximum absolute atomic E-state index is 13.2. The van der Waals surface area contributed by atoms with Crippen LogP contribution in [-0.4, -0.2) is 4.57 Å². The molecular weight excluding hydrogens is 296 g/mol. The number of halogens is 2. The molecule has 3 rings (SSSR count). The first-order valence-electron chi connectivity index (χ1n) is 6.97. The normalized spacial score (nSPS) is 10.7. The molecule has 3 aromatic rings. The lowest BCUT2D eigenvalue weighted by Gasteiger charge is -2.21. The highest BCUT2D eigenvalue weighted by Gasteiger charge is 2.19. The highest BCUT2D eigenvalue weighted by atomic mass is 19.1. The first kappa shape index (κ1) is 14.8. The Hall–Kier alpha value is -3.13. The van der Waals surface area contributed by atoms with Gasteiger partial charge < -0.3 is 10.3 Å². The Morgan fingerprint density at radius 2 is 1.39 bits per heavy atom. The van der Waals surface area contributed by atoms with Gasteiger partial charge in [-0.2, -0.15) is 5.26 Å². The predicted molar refractivity (Wildman–Crippen MR) is 83.6 cm³/mol. The van der Waals surface area contributed by atoms with Crippen molar-refractivity contribution in [3.63, 3.8) is 0 Å². The molecule has 0 bridgehead atoms. The Kier molecular flexibility index (Phi) is 3.82. The van der Waals surface area contributed by atoms with Crippen LogP contribution in [0.25, 0.3) is 0 Å². The second kappa shape index (κ2) is 5.93. The minimum Gasteiger partial charge on any atom is -0.385 e. The molecule has 0 saturated heterocycles. The molecule has 0 spiro atoms. The third-order valence-electron chi connectivity index (χ3n) is 3.66. The minimum absolute atomic E-state index is 0.343. The molecule has 0 radical (unpaired) electrons. The molecule has 23 heavy (non-hydrogen) atoms. The molecule has 2 N–H and O–H groups in total. The number of benzene rings is 2. The van der Waals surface area contributed by atoms with Gasteiger partial charge in [0.2, 0.25) is 0 Å². The molecule has 5 heteroatoms. The van der Waals surface area contributed by atoms with Gasteiger partial charge in [-0.1, -0.05) is 24.3 Å². The lowest BCUT2D eigenvalue weighted by Crippen LogP contribution is -2.13. The third-order valence-corrected chi connectivity index (χ3v) is 3.66. The van der Waals surface area contributed by atoms with E-state index >= 15 is 0 Å². The molecule has 3 nitrogen and oxygen atoms in total. The number of aromatic nitrogens is 1. The molecule has 1 heterocycles. The average molecular weight is 309 g/mol. The molecule has 2 aromatic carbocycles. The summed E-state index contributed by atoms with van der Waals surface area (Å²) in [6, 6.07) is 15.3. The van der Waals surface area contributed by atoms with Gasteiger partial charge in [0, 0.05) is 6.20 Å². The number of nitriles is 1. The van der Waals surface area contributed by atoms with Crippen molar-refractivity contribution in [1.82, 2.24) is 4.57 Å². The van der Waals surface area contributed by atoms with Crippen LogP contribution in [0.3, 0.4) is 0 Å². The Morgan fingerprint density at radius 1 is 0.913 bits per heavy atom. The van der Waals surface area contributed by atoms with Crippen LogP contribution in [0.1, 0.15) is 22.7 Å². The first-order chi connectivity index (χ1) is 11.1. The molecule has 0 unspecified atom stereocenters. The van der Waals surface area contributed by atoms with Gasteiger partial charge in [-0.15, -0.1) is 0 Å². The van der Waals surface area contributed by atoms with Crippen molar-refractivity contribution in [2.45, 2.75) is 6.04 Å². The van der Waals surface area contributed by atoms with Gasteiger partial charge in [0.15, 0.2) is 0 Å². The van der Waals surface area contributed by atoms with Crippen LogP contribution in [0.5, 0.6) is 0 Å². The molecule has 1 aromatic heterocycles. The summed E-state index contributed by atoms with van der Waals surface area (Å²) in [5, 5.41) is 9.05. The van der Waals surface area contributed by atoms with Gasteiger partial charge in [0.05, 0.1) is 11.6 Å². The lowest BCUT2D eigenvalue weighted by molar-refractivity contribution is 0.619. The SMILES string of the molecule is N#Cc1cc(N)n(C(c2ccc(F)cc2)c2ccc(F)cc2)c1. The summed E-state index contributed by atoms with van der Waals surface area (Å²) in [7, 11) is 0. The van der Waals surface area contributed by atoms with Crippen molar-refractivity contribution in [2.75, 3.05) is 5.73 Å². The van der Waals surface area contributed by atoms with E-state index in [9.17, 15) is 8.78 Å². The third kappa shape index (κ3) is 2.92. The van der Waals surface area contributed by atoms with Crippen LogP contribution >= 0.6 is 0 Å². The quantitative estimate of drug-likeness (QED) is 0.798. The standard InChI is InChI=1S/C18H13F2N3/c19-15-5-1-13(2-6-15)18(14-3-7-16(20)8-4-14)23-11-12(10-21)9-17(23)22/h1-9,11,18H,22H2. The van der Waals surface area contributed by atoms with Crippen LogP contribution < -0.4 is 5.73 Å². The highest BCUT2D eigenvalue weighted by Crippen LogP contribution is 2.30. The largest absolute Gasteiger partial charge is 0.385 e. The van der Waals surface area contributed by atoms with Crippen LogP contribution in [0.2, 0.25) is 0 Å². The zero-order valence-electron chi connectivity index (χ0n) is 12.1. The smallest absolute Gasteiger partial charge is 0.123 e. The van der Waals surface area contributed by atoms with Crippen molar-refractivity contribution in [2.24, 2.45) is 0 Å². The number of rotatable bonds is 3. The molecule has 0 aliphatic carbocycles. The number of nitrogen functional groups attached to an aromatic ring is 1. The van der Waals surface area contributed by atoms with Gasteiger partial charge in [0.25, 0.3) is 0 Å². The Morgan fingerprint density at radius 3 is 1.78 bits per heavy atom. The monoisotopic (exact) mass is 309 g/mol. The number of nitrogens with zero attached hydrogens (tertiary/aromatic N) is 2. The van der Waals surface area contributed by atoms with Crippen LogP contribution in [0.4, 0.5) is 14.6 Å². The summed E-state index contributed by atoms with van der Waals surface area (Å²) in [6.45, 7) is 0. The first-order valence-corrected chi connectivity index (χ1v) is 6.97. The molecule has 0 atom stereocenters. The van der Waals surface area contributed by atoms with E-state index in [2.05, 4.69) is 0 Å². The number of nitrogens with two attached hydrogens (primary N) is 1. The van der Waals surface area contributed by atoms with Gasteiger partial charge in [-0.05, 0) is 41.5 Å². The van der Waals surface area contributed by atoms with Gasteiger partial charge in [0.1, 0.15) is 23.5 Å². The second-order valence-electron chi connectivity index (χ2n) is 5.18. The lowest BCUT2D eigenvalue weighted by atomic mass is 9.98. The maximum atomic E-state index is 13.2. The van der Waals surface area contributed by atoms with Gasteiger partial charge in [-0.25, -0.2) is 8.78 Å². The van der Waals surface area contributed by atoms with E-state index in [1.54, 1.807) is 41.1 Å². The van der Waals surface area contributed by atoms with Crippen molar-refractivity contribution < 1.29 is 8.78 Å². The summed E-state index contributed by atoms with van der Waals surface area (Å²) in [5.74, 6) is -0.283. The molecule has 0 aliphatic rings. The fourth-order valence-corrected chi connectivity index (χ4v) is 2.58. The van der Waals surface area contributed by atoms with Crippen molar-refractivity contribution in [1.29, 1.82) is 5.26 Å². The molecule has 0 saturated carbocycles. The Labute approximate surface area is 132 Å². The highest BCUT2D eigenvalue weighted by molar-refractivity contribution is 5.46. The zero-order valence-corrected chi connectivity index (χ0v) is 12.1. The van der Waals surface area contributed by atoms with E-state index in [-0.39, 0.29) is 17.7 Å². The topological polar surface area (TPSA) is 54.7 Å². The fraction of sp³-hybridized carbons (Fsp3) is 0.0556. The predicted octanol–water partition coefficient (Wildman–Crippen LogP) is 3.86. The number of anilines is 1. The molecule has 0 aliphatic heterocycles. The minimum atomic E-state index is -0.377. The summed E-state index contributed by atoms with van der Waals surface area (Å²) >= 11 is 0. The Balaban J connectivity index is 2.17. The average Bonchev–Trinajstić information content (AvgIpc) is 2.92. The summed E-state index contributed by atoms with van der Waals surface area (Å²) in [6.07, 6.45) is 1.63. The molecular formula is C18H13F2N3. The van der Waals surface area contributed by atoms with Gasteiger partial charge in [-0.3, -0.25) is 0 Å². The molecule has 0 fully saturated rings. The number of hydrogen-bond donors (Lipinski definition) is 1. The number of hydrogen-bond acceptors (Lipinski definition) is 2. The van der Waals surface area contributed by atoms with E-state index in [0.29, 0.717) is 11.4 Å².